The van der Waals surface area contributed by atoms with Gasteiger partial charge >= 0.3 is 0 Å². The lowest BCUT2D eigenvalue weighted by molar-refractivity contribution is -0.141. The molecule has 2 fully saturated rings. The van der Waals surface area contributed by atoms with E-state index >= 15 is 0 Å². The summed E-state index contributed by atoms with van der Waals surface area (Å²) in [6.45, 7) is 5.55. The minimum atomic E-state index is -0.338. The van der Waals surface area contributed by atoms with Crippen LogP contribution in [0.4, 0.5) is 5.13 Å². The van der Waals surface area contributed by atoms with E-state index < -0.39 is 0 Å². The van der Waals surface area contributed by atoms with Crippen molar-refractivity contribution in [3.8, 4) is 0 Å². The van der Waals surface area contributed by atoms with Gasteiger partial charge in [0.25, 0.3) is 0 Å². The number of rotatable bonds is 6. The fourth-order valence-corrected chi connectivity index (χ4v) is 4.67. The van der Waals surface area contributed by atoms with Gasteiger partial charge < -0.3 is 15.5 Å². The molecule has 8 heteroatoms. The summed E-state index contributed by atoms with van der Waals surface area (Å²) in [6, 6.07) is -0.338. The summed E-state index contributed by atoms with van der Waals surface area (Å²) in [5, 5.41) is 8.31. The molecule has 1 aromatic rings. The molecule has 2 amide bonds. The van der Waals surface area contributed by atoms with Crippen LogP contribution in [0.2, 0.25) is 0 Å². The van der Waals surface area contributed by atoms with Crippen LogP contribution in [0.15, 0.2) is 11.6 Å². The Morgan fingerprint density at radius 1 is 1.31 bits per heavy atom. The van der Waals surface area contributed by atoms with Crippen LogP contribution >= 0.6 is 23.6 Å². The number of carbonyl (C=O) groups excluding carboxylic acids is 2. The van der Waals surface area contributed by atoms with Crippen molar-refractivity contribution < 1.29 is 9.59 Å². The number of piperidine rings is 1. The van der Waals surface area contributed by atoms with E-state index in [0.29, 0.717) is 24.0 Å². The number of nitrogens with zero attached hydrogens (tertiary/aromatic N) is 2. The molecule has 6 nitrogen and oxygen atoms in total. The Kier molecular flexibility index (Phi) is 10.6. The van der Waals surface area contributed by atoms with E-state index in [1.165, 1.54) is 43.4 Å². The first-order valence-electron chi connectivity index (χ1n) is 10.8. The molecule has 2 N–H and O–H groups in total. The van der Waals surface area contributed by atoms with Gasteiger partial charge in [0.2, 0.25) is 11.8 Å². The van der Waals surface area contributed by atoms with E-state index in [-0.39, 0.29) is 17.9 Å². The number of thiocarbonyl (C=S) groups is 1. The minimum Gasteiger partial charge on any atom is -0.380 e. The van der Waals surface area contributed by atoms with Crippen molar-refractivity contribution in [1.82, 2.24) is 15.2 Å². The molecule has 1 atom stereocenters. The Morgan fingerprint density at radius 2 is 2.07 bits per heavy atom. The van der Waals surface area contributed by atoms with Crippen molar-refractivity contribution in [3.63, 3.8) is 0 Å². The molecular weight excluding hydrogens is 404 g/mol. The highest BCUT2D eigenvalue weighted by molar-refractivity contribution is 7.80. The number of thiazole rings is 1. The Morgan fingerprint density at radius 3 is 2.62 bits per heavy atom. The smallest absolute Gasteiger partial charge is 0.248 e. The van der Waals surface area contributed by atoms with Gasteiger partial charge in [-0.1, -0.05) is 44.3 Å². The summed E-state index contributed by atoms with van der Waals surface area (Å²) in [6.07, 6.45) is 11.2. The quantitative estimate of drug-likeness (QED) is 0.645. The fourth-order valence-electron chi connectivity index (χ4n) is 3.99. The van der Waals surface area contributed by atoms with E-state index in [4.69, 9.17) is 0 Å². The van der Waals surface area contributed by atoms with Gasteiger partial charge in [0.05, 0.1) is 4.99 Å². The molecule has 2 aliphatic rings. The molecule has 29 heavy (non-hydrogen) atoms. The van der Waals surface area contributed by atoms with Crippen LogP contribution in [0.5, 0.6) is 0 Å². The molecule has 0 unspecified atom stereocenters. The molecule has 0 spiro atoms. The average molecular weight is 439 g/mol. The highest BCUT2D eigenvalue weighted by Crippen LogP contribution is 2.30. The maximum absolute atomic E-state index is 12.8. The summed E-state index contributed by atoms with van der Waals surface area (Å²) in [4.78, 5) is 31.9. The molecule has 3 rings (SSSR count). The number of likely N-dealkylation sites (tertiary alicyclic amines) is 1. The lowest BCUT2D eigenvalue weighted by atomic mass is 9.84. The van der Waals surface area contributed by atoms with Gasteiger partial charge in [-0.15, -0.1) is 11.3 Å². The van der Waals surface area contributed by atoms with Crippen molar-refractivity contribution in [2.75, 3.05) is 18.4 Å². The molecule has 1 aliphatic carbocycles. The predicted octanol–water partition coefficient (Wildman–Crippen LogP) is 4.38. The third-order valence-electron chi connectivity index (χ3n) is 5.41. The third-order valence-corrected chi connectivity index (χ3v) is 6.24. The topological polar surface area (TPSA) is 74.3 Å². The lowest BCUT2D eigenvalue weighted by Crippen LogP contribution is -2.50. The SMILES string of the molecule is CCNC(C)=S.O=C(Nc1nccs1)[C@H](CC1CCCCC1)N1CCCCC1=O. The van der Waals surface area contributed by atoms with Crippen molar-refractivity contribution >= 4 is 45.5 Å². The van der Waals surface area contributed by atoms with Crippen molar-refractivity contribution in [2.45, 2.75) is 77.7 Å². The molecule has 1 aliphatic heterocycles. The third kappa shape index (κ3) is 8.38. The summed E-state index contributed by atoms with van der Waals surface area (Å²) in [7, 11) is 0. The molecule has 0 radical (unpaired) electrons. The first-order valence-corrected chi connectivity index (χ1v) is 12.0. The highest BCUT2D eigenvalue weighted by Gasteiger charge is 2.33. The zero-order valence-corrected chi connectivity index (χ0v) is 19.2. The average Bonchev–Trinajstić information content (AvgIpc) is 3.21. The fraction of sp³-hybridized carbons (Fsp3) is 0.714. The van der Waals surface area contributed by atoms with Gasteiger partial charge in [0.1, 0.15) is 6.04 Å². The first-order chi connectivity index (χ1) is 14.0. The summed E-state index contributed by atoms with van der Waals surface area (Å²) in [5.41, 5.74) is 0. The Bertz CT molecular complexity index is 645. The van der Waals surface area contributed by atoms with Gasteiger partial charge in [-0.3, -0.25) is 9.59 Å². The predicted molar refractivity (Wildman–Crippen MR) is 123 cm³/mol. The maximum atomic E-state index is 12.8. The van der Waals surface area contributed by atoms with E-state index in [9.17, 15) is 9.59 Å². The van der Waals surface area contributed by atoms with E-state index in [1.54, 1.807) is 6.20 Å². The molecule has 1 saturated carbocycles. The second-order valence-corrected chi connectivity index (χ2v) is 9.22. The standard InChI is InChI=1S/C17H25N3O2S.C4H9NS/c21-15-8-4-5-10-20(15)14(12-13-6-2-1-3-7-13)16(22)19-17-18-9-11-23-17;1-3-5-4(2)6/h9,11,13-14H,1-8,10,12H2,(H,18,19,22);3H2,1-2H3,(H,5,6)/t14-;/m0./s1. The molecule has 0 aromatic carbocycles. The summed E-state index contributed by atoms with van der Waals surface area (Å²) < 4.78 is 0. The van der Waals surface area contributed by atoms with Crippen LogP contribution in [0.25, 0.3) is 0 Å². The zero-order chi connectivity index (χ0) is 21.1. The zero-order valence-electron chi connectivity index (χ0n) is 17.6. The molecule has 2 heterocycles. The van der Waals surface area contributed by atoms with Crippen LogP contribution in [-0.2, 0) is 9.59 Å². The largest absolute Gasteiger partial charge is 0.380 e. The van der Waals surface area contributed by atoms with Gasteiger partial charge in [-0.25, -0.2) is 4.98 Å². The van der Waals surface area contributed by atoms with Gasteiger partial charge in [-0.2, -0.15) is 0 Å². The van der Waals surface area contributed by atoms with E-state index in [0.717, 1.165) is 30.8 Å². The molecule has 0 bridgehead atoms. The number of aromatic nitrogens is 1. The Hall–Kier alpha value is -1.54. The normalized spacial score (nSPS) is 18.4. The number of hydrogen-bond donors (Lipinski definition) is 2. The molecule has 1 aromatic heterocycles. The Balaban J connectivity index is 0.000000438. The van der Waals surface area contributed by atoms with Crippen molar-refractivity contribution in [3.05, 3.63) is 11.6 Å². The first kappa shape index (κ1) is 23.7. The molecule has 162 valence electrons. The van der Waals surface area contributed by atoms with Gasteiger partial charge in [-0.05, 0) is 39.0 Å². The van der Waals surface area contributed by atoms with E-state index in [1.807, 2.05) is 24.1 Å². The second kappa shape index (κ2) is 12.9. The number of carbonyl (C=O) groups is 2. The number of hydrogen-bond acceptors (Lipinski definition) is 5. The molecule has 1 saturated heterocycles. The van der Waals surface area contributed by atoms with Crippen LogP contribution < -0.4 is 10.6 Å². The van der Waals surface area contributed by atoms with Crippen molar-refractivity contribution in [2.24, 2.45) is 5.92 Å². The minimum absolute atomic E-state index is 0.0687. The Labute approximate surface area is 183 Å². The number of amides is 2. The van der Waals surface area contributed by atoms with Crippen molar-refractivity contribution in [1.29, 1.82) is 0 Å². The van der Waals surface area contributed by atoms with E-state index in [2.05, 4.69) is 27.8 Å². The molecular formula is C21H34N4O2S2. The van der Waals surface area contributed by atoms with Crippen LogP contribution in [0.1, 0.15) is 71.6 Å². The van der Waals surface area contributed by atoms with Crippen LogP contribution in [0.3, 0.4) is 0 Å². The summed E-state index contributed by atoms with van der Waals surface area (Å²) in [5.74, 6) is 0.623. The number of anilines is 1. The second-order valence-electron chi connectivity index (χ2n) is 7.71. The van der Waals surface area contributed by atoms with Crippen LogP contribution in [0, 0.1) is 5.92 Å². The number of nitrogens with one attached hydrogen (secondary N) is 2. The lowest BCUT2D eigenvalue weighted by Gasteiger charge is -2.36. The summed E-state index contributed by atoms with van der Waals surface area (Å²) >= 11 is 6.10. The highest BCUT2D eigenvalue weighted by atomic mass is 32.1. The van der Waals surface area contributed by atoms with Crippen LogP contribution in [-0.4, -0.2) is 45.8 Å². The van der Waals surface area contributed by atoms with Gasteiger partial charge in [0.15, 0.2) is 5.13 Å². The maximum Gasteiger partial charge on any atom is 0.248 e. The van der Waals surface area contributed by atoms with Gasteiger partial charge in [0, 0.05) is 31.1 Å². The monoisotopic (exact) mass is 438 g/mol.